The molecule has 0 N–H and O–H groups in total. The second-order valence-corrected chi connectivity index (χ2v) is 4.15. The summed E-state index contributed by atoms with van der Waals surface area (Å²) in [5, 5.41) is 0. The van der Waals surface area contributed by atoms with E-state index in [9.17, 15) is 4.79 Å². The van der Waals surface area contributed by atoms with E-state index in [0.29, 0.717) is 39.5 Å². The Morgan fingerprint density at radius 3 is 2.06 bits per heavy atom. The first-order valence-corrected chi connectivity index (χ1v) is 7.46. The van der Waals surface area contributed by atoms with Crippen molar-refractivity contribution in [3.63, 3.8) is 0 Å². The van der Waals surface area contributed by atoms with Crippen molar-refractivity contribution in [2.45, 2.75) is 26.9 Å². The number of hydrogen-bond acceptors (Lipinski definition) is 5. The minimum atomic E-state index is -0.441. The lowest BCUT2D eigenvalue weighted by atomic mass is 10.3. The third kappa shape index (κ3) is 7.92. The van der Waals surface area contributed by atoms with Crippen LogP contribution in [0.3, 0.4) is 0 Å². The van der Waals surface area contributed by atoms with Crippen LogP contribution < -0.4 is 0 Å². The second kappa shape index (κ2) is 11.8. The summed E-state index contributed by atoms with van der Waals surface area (Å²) in [5.74, 6) is -0.0243. The van der Waals surface area contributed by atoms with Crippen molar-refractivity contribution in [3.8, 4) is 0 Å². The van der Waals surface area contributed by atoms with Gasteiger partial charge in [-0.3, -0.25) is 4.79 Å². The van der Waals surface area contributed by atoms with Crippen LogP contribution in [0.15, 0.2) is 0 Å². The first-order chi connectivity index (χ1) is 8.67. The molecule has 0 bridgehead atoms. The highest BCUT2D eigenvalue weighted by atomic mass is 32.2. The summed E-state index contributed by atoms with van der Waals surface area (Å²) in [4.78, 5) is 13.8. The average molecular weight is 279 g/mol. The van der Waals surface area contributed by atoms with Gasteiger partial charge in [0.05, 0.1) is 13.2 Å². The Morgan fingerprint density at radius 1 is 1.17 bits per heavy atom. The highest BCUT2D eigenvalue weighted by Crippen LogP contribution is 2.06. The fraction of sp³-hybridized carbons (Fsp3) is 0.917. The van der Waals surface area contributed by atoms with E-state index in [-0.39, 0.29) is 5.91 Å². The topological polar surface area (TPSA) is 48.0 Å². The first-order valence-electron chi connectivity index (χ1n) is 6.31. The normalized spacial score (nSPS) is 12.4. The number of carbonyl (C=O) groups is 1. The number of nitrogens with zero attached hydrogens (tertiary/aromatic N) is 1. The second-order valence-electron chi connectivity index (χ2n) is 3.62. The Balaban J connectivity index is 4.19. The van der Waals surface area contributed by atoms with Gasteiger partial charge < -0.3 is 18.6 Å². The first kappa shape index (κ1) is 17.7. The Morgan fingerprint density at radius 2 is 1.67 bits per heavy atom. The highest BCUT2D eigenvalue weighted by Gasteiger charge is 2.20. The maximum Gasteiger partial charge on any atom is 0.252 e. The smallest absolute Gasteiger partial charge is 0.252 e. The Hall–Kier alpha value is -0.300. The van der Waals surface area contributed by atoms with Gasteiger partial charge in [-0.15, -0.1) is 0 Å². The molecule has 0 aliphatic rings. The van der Waals surface area contributed by atoms with Crippen LogP contribution in [0.25, 0.3) is 0 Å². The van der Waals surface area contributed by atoms with E-state index >= 15 is 0 Å². The number of rotatable bonds is 11. The van der Waals surface area contributed by atoms with Crippen LogP contribution in [0.4, 0.5) is 0 Å². The standard InChI is InChI=1S/C12H25NO4S/c1-5-15-9-7-13(8-10-16-6-2)12(14)11(3)17-18-4/h11H,5-10H2,1-4H3. The lowest BCUT2D eigenvalue weighted by molar-refractivity contribution is -0.139. The quantitative estimate of drug-likeness (QED) is 0.424. The predicted octanol–water partition coefficient (Wildman–Crippen LogP) is 1.57. The van der Waals surface area contributed by atoms with Crippen LogP contribution >= 0.6 is 12.0 Å². The highest BCUT2D eigenvalue weighted by molar-refractivity contribution is 7.93. The average Bonchev–Trinajstić information content (AvgIpc) is 2.37. The van der Waals surface area contributed by atoms with Gasteiger partial charge in [0.25, 0.3) is 5.91 Å². The van der Waals surface area contributed by atoms with Crippen LogP contribution in [0, 0.1) is 0 Å². The van der Waals surface area contributed by atoms with E-state index in [1.807, 2.05) is 13.8 Å². The van der Waals surface area contributed by atoms with E-state index in [1.165, 1.54) is 12.0 Å². The van der Waals surface area contributed by atoms with E-state index in [1.54, 1.807) is 18.1 Å². The number of ether oxygens (including phenoxy) is 2. The zero-order chi connectivity index (χ0) is 13.8. The van der Waals surface area contributed by atoms with Gasteiger partial charge in [0.1, 0.15) is 6.10 Å². The minimum Gasteiger partial charge on any atom is -0.380 e. The van der Waals surface area contributed by atoms with Crippen LogP contribution in [0.2, 0.25) is 0 Å². The molecule has 0 rings (SSSR count). The summed E-state index contributed by atoms with van der Waals surface area (Å²) in [6.45, 7) is 9.17. The Kier molecular flexibility index (Phi) is 11.6. The molecule has 0 radical (unpaired) electrons. The molecule has 0 aliphatic heterocycles. The molecule has 0 aromatic rings. The van der Waals surface area contributed by atoms with Crippen LogP contribution in [-0.2, 0) is 18.5 Å². The summed E-state index contributed by atoms with van der Waals surface area (Å²) in [7, 11) is 0. The monoisotopic (exact) mass is 279 g/mol. The largest absolute Gasteiger partial charge is 0.380 e. The van der Waals surface area contributed by atoms with Gasteiger partial charge in [0, 0.05) is 32.6 Å². The maximum absolute atomic E-state index is 12.1. The third-order valence-corrected chi connectivity index (χ3v) is 2.80. The SMILES string of the molecule is CCOCCN(CCOCC)C(=O)C(C)OSC. The summed E-state index contributed by atoms with van der Waals surface area (Å²) in [6.07, 6.45) is 1.36. The predicted molar refractivity (Wildman–Crippen MR) is 73.6 cm³/mol. The minimum absolute atomic E-state index is 0.0243. The molecule has 5 nitrogen and oxygen atoms in total. The molecule has 0 saturated carbocycles. The molecule has 0 aromatic carbocycles. The fourth-order valence-electron chi connectivity index (χ4n) is 1.41. The molecule has 0 spiro atoms. The van der Waals surface area contributed by atoms with Crippen molar-refractivity contribution >= 4 is 17.9 Å². The van der Waals surface area contributed by atoms with E-state index in [2.05, 4.69) is 0 Å². The molecule has 0 heterocycles. The van der Waals surface area contributed by atoms with Gasteiger partial charge in [-0.25, -0.2) is 0 Å². The van der Waals surface area contributed by atoms with Gasteiger partial charge in [-0.2, -0.15) is 0 Å². The molecule has 0 aliphatic carbocycles. The summed E-state index contributed by atoms with van der Waals surface area (Å²) < 4.78 is 15.8. The summed E-state index contributed by atoms with van der Waals surface area (Å²) in [5.41, 5.74) is 0. The summed E-state index contributed by atoms with van der Waals surface area (Å²) in [6, 6.07) is 0. The van der Waals surface area contributed by atoms with Crippen molar-refractivity contribution in [3.05, 3.63) is 0 Å². The molecule has 1 amide bonds. The van der Waals surface area contributed by atoms with Crippen molar-refractivity contribution in [2.24, 2.45) is 0 Å². The molecule has 1 unspecified atom stereocenters. The fourth-order valence-corrected chi connectivity index (χ4v) is 1.78. The van der Waals surface area contributed by atoms with Crippen LogP contribution in [0.5, 0.6) is 0 Å². The molecule has 0 fully saturated rings. The molecular weight excluding hydrogens is 254 g/mol. The summed E-state index contributed by atoms with van der Waals surface area (Å²) >= 11 is 1.20. The van der Waals surface area contributed by atoms with Gasteiger partial charge in [-0.1, -0.05) is 0 Å². The van der Waals surface area contributed by atoms with Gasteiger partial charge in [-0.05, 0) is 32.8 Å². The van der Waals surface area contributed by atoms with E-state index in [0.717, 1.165) is 0 Å². The number of hydrogen-bond donors (Lipinski definition) is 0. The number of carbonyl (C=O) groups excluding carboxylic acids is 1. The molecule has 108 valence electrons. The van der Waals surface area contributed by atoms with Gasteiger partial charge in [0.15, 0.2) is 0 Å². The van der Waals surface area contributed by atoms with Gasteiger partial charge >= 0.3 is 0 Å². The molecule has 0 aromatic heterocycles. The lowest BCUT2D eigenvalue weighted by Gasteiger charge is -2.25. The van der Waals surface area contributed by atoms with E-state index < -0.39 is 6.10 Å². The van der Waals surface area contributed by atoms with Crippen molar-refractivity contribution < 1.29 is 18.5 Å². The molecule has 18 heavy (non-hydrogen) atoms. The molecular formula is C12H25NO4S. The molecule has 6 heteroatoms. The van der Waals surface area contributed by atoms with Crippen LogP contribution in [0.1, 0.15) is 20.8 Å². The lowest BCUT2D eigenvalue weighted by Crippen LogP contribution is -2.42. The van der Waals surface area contributed by atoms with Crippen LogP contribution in [-0.4, -0.2) is 62.7 Å². The number of amides is 1. The van der Waals surface area contributed by atoms with Gasteiger partial charge in [0.2, 0.25) is 0 Å². The van der Waals surface area contributed by atoms with Crippen molar-refractivity contribution in [2.75, 3.05) is 45.8 Å². The van der Waals surface area contributed by atoms with Crippen molar-refractivity contribution in [1.29, 1.82) is 0 Å². The Bertz CT molecular complexity index is 206. The zero-order valence-electron chi connectivity index (χ0n) is 11.8. The van der Waals surface area contributed by atoms with E-state index in [4.69, 9.17) is 13.7 Å². The third-order valence-electron chi connectivity index (χ3n) is 2.32. The van der Waals surface area contributed by atoms with Crippen molar-refractivity contribution in [1.82, 2.24) is 4.90 Å². The Labute approximate surface area is 114 Å². The maximum atomic E-state index is 12.1. The molecule has 0 saturated heterocycles. The zero-order valence-corrected chi connectivity index (χ0v) is 12.6. The molecule has 1 atom stereocenters.